The van der Waals surface area contributed by atoms with Gasteiger partial charge in [0.2, 0.25) is 5.51 Å². The number of unbranched alkanes of at least 4 members (excludes halogenated alkanes) is 17. The van der Waals surface area contributed by atoms with Gasteiger partial charge in [-0.25, -0.2) is 8.42 Å². The molecule has 0 bridgehead atoms. The SMILES string of the molecule is CCCCCCCCCCCCCCCCC[C@@H]1CO[C@@H](COCCCCCC[n+]2ccsc2)C1.Cc1ccc(S(=O)(=O)[O-])cc1. The number of thiazole rings is 1. The highest BCUT2D eigenvalue weighted by Crippen LogP contribution is 2.25. The molecule has 6 nitrogen and oxygen atoms in total. The molecule has 8 heteroatoms. The molecule has 0 unspecified atom stereocenters. The lowest BCUT2D eigenvalue weighted by atomic mass is 9.97. The van der Waals surface area contributed by atoms with E-state index in [1.807, 2.05) is 6.92 Å². The molecule has 1 aromatic heterocycles. The Morgan fingerprint density at radius 3 is 1.96 bits per heavy atom. The Labute approximate surface area is 286 Å². The topological polar surface area (TPSA) is 79.5 Å². The number of hydrogen-bond acceptors (Lipinski definition) is 6. The van der Waals surface area contributed by atoms with Crippen LogP contribution in [0.5, 0.6) is 0 Å². The van der Waals surface area contributed by atoms with Crippen molar-refractivity contribution >= 4 is 21.5 Å². The monoisotopic (exact) mass is 679 g/mol. The van der Waals surface area contributed by atoms with E-state index < -0.39 is 10.1 Å². The van der Waals surface area contributed by atoms with E-state index in [-0.39, 0.29) is 4.90 Å². The van der Waals surface area contributed by atoms with E-state index in [9.17, 15) is 13.0 Å². The van der Waals surface area contributed by atoms with Gasteiger partial charge in [0.1, 0.15) is 16.7 Å². The molecule has 1 aromatic carbocycles. The lowest BCUT2D eigenvalue weighted by Crippen LogP contribution is -2.29. The summed E-state index contributed by atoms with van der Waals surface area (Å²) in [5.41, 5.74) is 3.12. The van der Waals surface area contributed by atoms with Crippen LogP contribution in [0.1, 0.15) is 147 Å². The number of nitrogens with zero attached hydrogens (tertiary/aromatic N) is 1. The molecular weight excluding hydrogens is 615 g/mol. The van der Waals surface area contributed by atoms with Gasteiger partial charge in [0.05, 0.1) is 23.0 Å². The molecule has 1 aliphatic heterocycles. The van der Waals surface area contributed by atoms with E-state index in [4.69, 9.17) is 9.47 Å². The highest BCUT2D eigenvalue weighted by molar-refractivity contribution is 7.85. The van der Waals surface area contributed by atoms with Crippen LogP contribution in [0, 0.1) is 12.8 Å². The van der Waals surface area contributed by atoms with Crippen molar-refractivity contribution in [3.05, 3.63) is 46.9 Å². The summed E-state index contributed by atoms with van der Waals surface area (Å²) in [5.74, 6) is 0.778. The molecule has 3 rings (SSSR count). The number of benzene rings is 1. The van der Waals surface area contributed by atoms with Gasteiger partial charge in [0.15, 0.2) is 6.20 Å². The summed E-state index contributed by atoms with van der Waals surface area (Å²) < 4.78 is 45.4. The van der Waals surface area contributed by atoms with Crippen LogP contribution >= 0.6 is 11.3 Å². The molecule has 0 saturated carbocycles. The van der Waals surface area contributed by atoms with Crippen molar-refractivity contribution in [2.45, 2.75) is 166 Å². The quantitative estimate of drug-likeness (QED) is 0.0562. The Kier molecular flexibility index (Phi) is 23.6. The summed E-state index contributed by atoms with van der Waals surface area (Å²) in [6.45, 7) is 7.94. The first kappa shape index (κ1) is 40.9. The van der Waals surface area contributed by atoms with Crippen molar-refractivity contribution in [1.29, 1.82) is 0 Å². The van der Waals surface area contributed by atoms with Gasteiger partial charge < -0.3 is 14.0 Å². The predicted octanol–water partition coefficient (Wildman–Crippen LogP) is 10.2. The highest BCUT2D eigenvalue weighted by Gasteiger charge is 2.25. The lowest BCUT2D eigenvalue weighted by molar-refractivity contribution is -0.692. The van der Waals surface area contributed by atoms with E-state index >= 15 is 0 Å². The summed E-state index contributed by atoms with van der Waals surface area (Å²) in [5, 5.41) is 2.14. The molecule has 0 radical (unpaired) electrons. The smallest absolute Gasteiger partial charge is 0.224 e. The van der Waals surface area contributed by atoms with E-state index in [1.165, 1.54) is 147 Å². The van der Waals surface area contributed by atoms with Gasteiger partial charge in [-0.05, 0) is 50.7 Å². The fourth-order valence-corrected chi connectivity index (χ4v) is 7.16. The normalized spacial score (nSPS) is 16.4. The molecule has 1 fully saturated rings. The maximum Gasteiger partial charge on any atom is 0.224 e. The van der Waals surface area contributed by atoms with Gasteiger partial charge in [-0.3, -0.25) is 0 Å². The predicted molar refractivity (Wildman–Crippen MR) is 190 cm³/mol. The van der Waals surface area contributed by atoms with Crippen molar-refractivity contribution in [1.82, 2.24) is 0 Å². The van der Waals surface area contributed by atoms with E-state index in [0.717, 1.165) is 37.8 Å². The van der Waals surface area contributed by atoms with Gasteiger partial charge in [0, 0.05) is 19.6 Å². The largest absolute Gasteiger partial charge is 0.744 e. The van der Waals surface area contributed by atoms with Crippen molar-refractivity contribution in [3.63, 3.8) is 0 Å². The zero-order valence-electron chi connectivity index (χ0n) is 29.2. The van der Waals surface area contributed by atoms with Crippen LogP contribution in [0.2, 0.25) is 0 Å². The zero-order valence-corrected chi connectivity index (χ0v) is 30.8. The molecule has 2 aromatic rings. The second kappa shape index (κ2) is 26.6. The Morgan fingerprint density at radius 2 is 1.39 bits per heavy atom. The van der Waals surface area contributed by atoms with Crippen LogP contribution in [0.3, 0.4) is 0 Å². The maximum absolute atomic E-state index is 10.4. The molecular formula is C38H65NO5S2. The van der Waals surface area contributed by atoms with E-state index in [1.54, 1.807) is 23.5 Å². The second-order valence-corrected chi connectivity index (χ2v) is 15.5. The maximum atomic E-state index is 10.4. The molecule has 1 aliphatic rings. The fourth-order valence-electron chi connectivity index (χ4n) is 6.06. The first-order valence-corrected chi connectivity index (χ1v) is 20.9. The minimum Gasteiger partial charge on any atom is -0.744 e. The molecule has 2 heterocycles. The first-order valence-electron chi connectivity index (χ1n) is 18.5. The summed E-state index contributed by atoms with van der Waals surface area (Å²) >= 11 is 1.77. The van der Waals surface area contributed by atoms with Crippen LogP contribution in [-0.2, 0) is 26.1 Å². The van der Waals surface area contributed by atoms with Crippen molar-refractivity contribution < 1.29 is 27.0 Å². The number of aryl methyl sites for hydroxylation is 2. The molecule has 46 heavy (non-hydrogen) atoms. The third-order valence-electron chi connectivity index (χ3n) is 8.98. The summed E-state index contributed by atoms with van der Waals surface area (Å²) in [7, 11) is -4.27. The molecule has 0 spiro atoms. The third kappa shape index (κ3) is 21.5. The standard InChI is InChI=1S/C31H58NO2S.C7H8O3S/c1-2-3-4-5-6-7-8-9-10-11-12-13-14-15-18-21-30-26-31(34-27-30)28-33-24-20-17-16-19-22-32-23-25-35-29-32;1-6-2-4-7(5-3-6)11(8,9)10/h23,25,29-31H,2-22,24,26-28H2,1H3;2-5H,1H3,(H,8,9,10)/q+1;/p-1/t30-,31+;/m0./s1. The van der Waals surface area contributed by atoms with Crippen LogP contribution < -0.4 is 4.57 Å². The van der Waals surface area contributed by atoms with Gasteiger partial charge in [-0.15, -0.1) is 0 Å². The van der Waals surface area contributed by atoms with Crippen molar-refractivity contribution in [3.8, 4) is 0 Å². The average molecular weight is 680 g/mol. The van der Waals surface area contributed by atoms with E-state index in [0.29, 0.717) is 6.10 Å². The zero-order chi connectivity index (χ0) is 33.1. The van der Waals surface area contributed by atoms with Gasteiger partial charge >= 0.3 is 0 Å². The van der Waals surface area contributed by atoms with Gasteiger partial charge in [-0.2, -0.15) is 4.57 Å². The number of rotatable bonds is 26. The second-order valence-electron chi connectivity index (χ2n) is 13.3. The third-order valence-corrected chi connectivity index (χ3v) is 10.5. The van der Waals surface area contributed by atoms with Crippen LogP contribution in [0.25, 0.3) is 0 Å². The summed E-state index contributed by atoms with van der Waals surface area (Å²) in [6.07, 6.45) is 31.8. The number of hydrogen-bond donors (Lipinski definition) is 0. The average Bonchev–Trinajstić information content (AvgIpc) is 3.73. The minimum atomic E-state index is -4.27. The van der Waals surface area contributed by atoms with Crippen LogP contribution in [-0.4, -0.2) is 38.9 Å². The Morgan fingerprint density at radius 1 is 0.826 bits per heavy atom. The van der Waals surface area contributed by atoms with E-state index in [2.05, 4.69) is 28.6 Å². The Balaban J connectivity index is 0.000000562. The molecule has 0 aliphatic carbocycles. The van der Waals surface area contributed by atoms with Gasteiger partial charge in [-0.1, -0.05) is 139 Å². The molecule has 1 saturated heterocycles. The molecule has 0 N–H and O–H groups in total. The Hall–Kier alpha value is -1.32. The highest BCUT2D eigenvalue weighted by atomic mass is 32.2. The first-order chi connectivity index (χ1) is 22.4. The molecule has 2 atom stereocenters. The van der Waals surface area contributed by atoms with Crippen LogP contribution in [0.15, 0.2) is 46.2 Å². The van der Waals surface area contributed by atoms with Crippen LogP contribution in [0.4, 0.5) is 0 Å². The number of aromatic nitrogens is 1. The van der Waals surface area contributed by atoms with Crippen molar-refractivity contribution in [2.75, 3.05) is 19.8 Å². The lowest BCUT2D eigenvalue weighted by Gasteiger charge is -2.10. The number of ether oxygens (including phenoxy) is 2. The van der Waals surface area contributed by atoms with Crippen molar-refractivity contribution in [2.24, 2.45) is 5.92 Å². The summed E-state index contributed by atoms with van der Waals surface area (Å²) in [6, 6.07) is 5.78. The Bertz CT molecular complexity index is 1060. The molecule has 0 amide bonds. The minimum absolute atomic E-state index is 0.178. The summed E-state index contributed by atoms with van der Waals surface area (Å²) in [4.78, 5) is -0.178. The molecule has 264 valence electrons. The van der Waals surface area contributed by atoms with Gasteiger partial charge in [0.25, 0.3) is 0 Å². The fraction of sp³-hybridized carbons (Fsp3) is 0.763.